The Morgan fingerprint density at radius 1 is 1.12 bits per heavy atom. The number of aryl methyl sites for hydroxylation is 2. The largest absolute Gasteiger partial charge is 0.293 e. The Morgan fingerprint density at radius 2 is 1.81 bits per heavy atom. The second kappa shape index (κ2) is 4.62. The normalized spacial score (nSPS) is 10.4. The molecule has 1 aromatic carbocycles. The van der Waals surface area contributed by atoms with Gasteiger partial charge in [0.15, 0.2) is 5.78 Å². The lowest BCUT2D eigenvalue weighted by Crippen LogP contribution is -2.02. The van der Waals surface area contributed by atoms with Crippen LogP contribution in [0.15, 0.2) is 35.7 Å². The number of benzene rings is 1. The Morgan fingerprint density at radius 3 is 2.38 bits per heavy atom. The maximum atomic E-state index is 12.0. The molecule has 0 aliphatic heterocycles. The molecule has 0 aliphatic rings. The van der Waals surface area contributed by atoms with Crippen molar-refractivity contribution in [3.63, 3.8) is 0 Å². The van der Waals surface area contributed by atoms with Gasteiger partial charge in [0, 0.05) is 6.42 Å². The molecule has 2 rings (SSSR count). The van der Waals surface area contributed by atoms with Gasteiger partial charge >= 0.3 is 0 Å². The molecule has 0 spiro atoms. The van der Waals surface area contributed by atoms with Crippen LogP contribution in [-0.4, -0.2) is 5.78 Å². The highest BCUT2D eigenvalue weighted by Gasteiger charge is 2.10. The zero-order chi connectivity index (χ0) is 11.5. The summed E-state index contributed by atoms with van der Waals surface area (Å²) in [7, 11) is 0. The minimum absolute atomic E-state index is 0.219. The van der Waals surface area contributed by atoms with Crippen LogP contribution in [0.5, 0.6) is 0 Å². The summed E-state index contributed by atoms with van der Waals surface area (Å²) in [5, 5.41) is 1.97. The molecular formula is C14H14OS. The molecule has 82 valence electrons. The van der Waals surface area contributed by atoms with Crippen LogP contribution >= 0.6 is 11.3 Å². The fourth-order valence-corrected chi connectivity index (χ4v) is 2.50. The van der Waals surface area contributed by atoms with E-state index in [9.17, 15) is 4.79 Å². The Hall–Kier alpha value is -1.41. The first-order chi connectivity index (χ1) is 7.66. The van der Waals surface area contributed by atoms with Crippen molar-refractivity contribution in [2.45, 2.75) is 20.3 Å². The van der Waals surface area contributed by atoms with Gasteiger partial charge in [-0.2, -0.15) is 0 Å². The predicted molar refractivity (Wildman–Crippen MR) is 68.3 cm³/mol. The van der Waals surface area contributed by atoms with E-state index in [1.807, 2.05) is 42.6 Å². The number of rotatable bonds is 3. The van der Waals surface area contributed by atoms with Gasteiger partial charge in [0.05, 0.1) is 4.88 Å². The highest BCUT2D eigenvalue weighted by atomic mass is 32.1. The van der Waals surface area contributed by atoms with Gasteiger partial charge in [0.2, 0.25) is 0 Å². The van der Waals surface area contributed by atoms with E-state index in [2.05, 4.69) is 6.92 Å². The molecule has 2 heteroatoms. The minimum atomic E-state index is 0.219. The van der Waals surface area contributed by atoms with E-state index < -0.39 is 0 Å². The standard InChI is InChI=1S/C14H14OS/c1-10-3-5-12(6-4-10)9-13(15)14-11(2)7-8-16-14/h3-8H,9H2,1-2H3. The topological polar surface area (TPSA) is 17.1 Å². The molecule has 0 amide bonds. The molecule has 0 saturated carbocycles. The van der Waals surface area contributed by atoms with Gasteiger partial charge in [0.25, 0.3) is 0 Å². The third kappa shape index (κ3) is 2.39. The molecular weight excluding hydrogens is 216 g/mol. The monoisotopic (exact) mass is 230 g/mol. The van der Waals surface area contributed by atoms with Crippen molar-refractivity contribution in [1.29, 1.82) is 0 Å². The summed E-state index contributed by atoms with van der Waals surface area (Å²) in [5.74, 6) is 0.219. The summed E-state index contributed by atoms with van der Waals surface area (Å²) in [6.45, 7) is 4.04. The molecule has 0 fully saturated rings. The number of carbonyl (C=O) groups excluding carboxylic acids is 1. The Kier molecular flexibility index (Phi) is 3.20. The van der Waals surface area contributed by atoms with E-state index >= 15 is 0 Å². The van der Waals surface area contributed by atoms with E-state index in [4.69, 9.17) is 0 Å². The van der Waals surface area contributed by atoms with Crippen LogP contribution < -0.4 is 0 Å². The highest BCUT2D eigenvalue weighted by molar-refractivity contribution is 7.12. The highest BCUT2D eigenvalue weighted by Crippen LogP contribution is 2.18. The molecule has 0 N–H and O–H groups in total. The van der Waals surface area contributed by atoms with Gasteiger partial charge in [-0.15, -0.1) is 11.3 Å². The molecule has 1 heterocycles. The van der Waals surface area contributed by atoms with Gasteiger partial charge < -0.3 is 0 Å². The zero-order valence-electron chi connectivity index (χ0n) is 9.49. The molecule has 0 bridgehead atoms. The third-order valence-corrected chi connectivity index (χ3v) is 3.66. The summed E-state index contributed by atoms with van der Waals surface area (Å²) in [5.41, 5.74) is 3.40. The van der Waals surface area contributed by atoms with Crippen LogP contribution in [0.3, 0.4) is 0 Å². The molecule has 0 radical (unpaired) electrons. The Labute approximate surface area is 99.8 Å². The van der Waals surface area contributed by atoms with Gasteiger partial charge in [-0.05, 0) is 36.4 Å². The van der Waals surface area contributed by atoms with Crippen molar-refractivity contribution >= 4 is 17.1 Å². The average molecular weight is 230 g/mol. The molecule has 0 atom stereocenters. The summed E-state index contributed by atoms with van der Waals surface area (Å²) in [6, 6.07) is 10.1. The average Bonchev–Trinajstić information content (AvgIpc) is 2.68. The number of hydrogen-bond acceptors (Lipinski definition) is 2. The minimum Gasteiger partial charge on any atom is -0.293 e. The van der Waals surface area contributed by atoms with Crippen LogP contribution in [0.25, 0.3) is 0 Å². The molecule has 2 aromatic rings. The van der Waals surface area contributed by atoms with Crippen LogP contribution in [0.2, 0.25) is 0 Å². The van der Waals surface area contributed by atoms with Crippen LogP contribution in [0.1, 0.15) is 26.4 Å². The van der Waals surface area contributed by atoms with Crippen molar-refractivity contribution in [1.82, 2.24) is 0 Å². The van der Waals surface area contributed by atoms with Gasteiger partial charge in [-0.25, -0.2) is 0 Å². The number of Topliss-reactive ketones (excluding diaryl/α,β-unsaturated/α-hetero) is 1. The third-order valence-electron chi connectivity index (χ3n) is 2.60. The van der Waals surface area contributed by atoms with E-state index in [1.165, 1.54) is 16.9 Å². The smallest absolute Gasteiger partial charge is 0.177 e. The summed E-state index contributed by atoms with van der Waals surface area (Å²) >= 11 is 1.53. The SMILES string of the molecule is Cc1ccc(CC(=O)c2sccc2C)cc1. The first-order valence-electron chi connectivity index (χ1n) is 5.29. The lowest BCUT2D eigenvalue weighted by atomic mass is 10.1. The fraction of sp³-hybridized carbons (Fsp3) is 0.214. The lowest BCUT2D eigenvalue weighted by Gasteiger charge is -2.01. The summed E-state index contributed by atoms with van der Waals surface area (Å²) < 4.78 is 0. The number of ketones is 1. The zero-order valence-corrected chi connectivity index (χ0v) is 10.3. The molecule has 1 nitrogen and oxygen atoms in total. The first kappa shape index (κ1) is 11.1. The van der Waals surface area contributed by atoms with Crippen molar-refractivity contribution < 1.29 is 4.79 Å². The van der Waals surface area contributed by atoms with E-state index in [1.54, 1.807) is 0 Å². The van der Waals surface area contributed by atoms with Crippen LogP contribution in [0.4, 0.5) is 0 Å². The molecule has 0 saturated heterocycles. The Balaban J connectivity index is 2.14. The van der Waals surface area contributed by atoms with E-state index in [0.717, 1.165) is 16.0 Å². The van der Waals surface area contributed by atoms with Crippen molar-refractivity contribution in [3.05, 3.63) is 57.3 Å². The summed E-state index contributed by atoms with van der Waals surface area (Å²) in [4.78, 5) is 12.9. The number of thiophene rings is 1. The fourth-order valence-electron chi connectivity index (χ4n) is 1.63. The maximum Gasteiger partial charge on any atom is 0.177 e. The molecule has 16 heavy (non-hydrogen) atoms. The summed E-state index contributed by atoms with van der Waals surface area (Å²) in [6.07, 6.45) is 0.502. The number of carbonyl (C=O) groups is 1. The maximum absolute atomic E-state index is 12.0. The van der Waals surface area contributed by atoms with Gasteiger partial charge in [-0.1, -0.05) is 29.8 Å². The molecule has 0 unspecified atom stereocenters. The van der Waals surface area contributed by atoms with Crippen molar-refractivity contribution in [2.75, 3.05) is 0 Å². The second-order valence-corrected chi connectivity index (χ2v) is 4.93. The van der Waals surface area contributed by atoms with Crippen LogP contribution in [-0.2, 0) is 6.42 Å². The van der Waals surface area contributed by atoms with Crippen LogP contribution in [0, 0.1) is 13.8 Å². The van der Waals surface area contributed by atoms with Crippen molar-refractivity contribution in [2.24, 2.45) is 0 Å². The van der Waals surface area contributed by atoms with Gasteiger partial charge in [-0.3, -0.25) is 4.79 Å². The predicted octanol–water partition coefficient (Wildman–Crippen LogP) is 3.79. The van der Waals surface area contributed by atoms with Crippen molar-refractivity contribution in [3.8, 4) is 0 Å². The molecule has 0 aliphatic carbocycles. The quantitative estimate of drug-likeness (QED) is 0.733. The van der Waals surface area contributed by atoms with E-state index in [-0.39, 0.29) is 5.78 Å². The second-order valence-electron chi connectivity index (χ2n) is 4.02. The lowest BCUT2D eigenvalue weighted by molar-refractivity contribution is 0.0996. The van der Waals surface area contributed by atoms with Gasteiger partial charge in [0.1, 0.15) is 0 Å². The van der Waals surface area contributed by atoms with E-state index in [0.29, 0.717) is 6.42 Å². The first-order valence-corrected chi connectivity index (χ1v) is 6.17. The Bertz CT molecular complexity index is 494. The number of hydrogen-bond donors (Lipinski definition) is 0. The molecule has 1 aromatic heterocycles.